The maximum atomic E-state index is 10.3. The van der Waals surface area contributed by atoms with Crippen molar-refractivity contribution < 1.29 is 8.42 Å². The second-order valence-corrected chi connectivity index (χ2v) is 4.60. The Morgan fingerprint density at radius 3 is 2.55 bits per heavy atom. The van der Waals surface area contributed by atoms with Crippen molar-refractivity contribution >= 4 is 19.7 Å². The molecule has 0 fully saturated rings. The zero-order valence-electron chi connectivity index (χ0n) is 6.12. The van der Waals surface area contributed by atoms with Crippen molar-refractivity contribution in [3.05, 3.63) is 24.4 Å². The van der Waals surface area contributed by atoms with Crippen molar-refractivity contribution in [3.63, 3.8) is 0 Å². The van der Waals surface area contributed by atoms with E-state index in [1.165, 1.54) is 6.08 Å². The molecule has 3 nitrogen and oxygen atoms in total. The summed E-state index contributed by atoms with van der Waals surface area (Å²) in [5.74, 6) is -0.136. The van der Waals surface area contributed by atoms with E-state index in [4.69, 9.17) is 10.7 Å². The molecule has 0 radical (unpaired) electrons. The minimum Gasteiger partial charge on any atom is -0.394 e. The van der Waals surface area contributed by atoms with Crippen LogP contribution in [0.15, 0.2) is 24.4 Å². The summed E-state index contributed by atoms with van der Waals surface area (Å²) in [6.07, 6.45) is 6.44. The predicted octanol–water partition coefficient (Wildman–Crippen LogP) is 0.844. The third kappa shape index (κ3) is 9.52. The van der Waals surface area contributed by atoms with Crippen molar-refractivity contribution in [2.45, 2.75) is 0 Å². The monoisotopic (exact) mass is 195 g/mol. The third-order valence-corrected chi connectivity index (χ3v) is 1.77. The molecule has 0 atom stereocenters. The summed E-state index contributed by atoms with van der Waals surface area (Å²) in [6.45, 7) is 0. The van der Waals surface area contributed by atoms with Crippen LogP contribution in [0.2, 0.25) is 0 Å². The largest absolute Gasteiger partial charge is 0.394 e. The van der Waals surface area contributed by atoms with Gasteiger partial charge in [0.1, 0.15) is 0 Å². The average Bonchev–Trinajstić information content (AvgIpc) is 1.85. The molecule has 0 aliphatic rings. The number of halogens is 1. The molecule has 1 N–H and O–H groups in total. The standard InChI is InChI=1S/C6H10ClNO2S/c1-8-5-3-2-4-6-11(7,9)10/h2-5,8H,6H2,1H3/b4-2-,5-3-. The first-order chi connectivity index (χ1) is 5.06. The van der Waals surface area contributed by atoms with Gasteiger partial charge in [-0.2, -0.15) is 0 Å². The van der Waals surface area contributed by atoms with Crippen LogP contribution in [0.5, 0.6) is 0 Å². The Morgan fingerprint density at radius 2 is 2.09 bits per heavy atom. The molecule has 0 spiro atoms. The number of nitrogens with one attached hydrogen (secondary N) is 1. The maximum absolute atomic E-state index is 10.3. The molecule has 0 aliphatic carbocycles. The minimum atomic E-state index is -3.38. The Labute approximate surface area is 71.2 Å². The molecule has 0 aromatic heterocycles. The zero-order valence-corrected chi connectivity index (χ0v) is 7.69. The van der Waals surface area contributed by atoms with Gasteiger partial charge in [0.2, 0.25) is 9.05 Å². The summed E-state index contributed by atoms with van der Waals surface area (Å²) in [5.41, 5.74) is 0. The summed E-state index contributed by atoms with van der Waals surface area (Å²) in [7, 11) is 3.30. The van der Waals surface area contributed by atoms with Gasteiger partial charge in [-0.1, -0.05) is 12.2 Å². The van der Waals surface area contributed by atoms with Crippen molar-refractivity contribution in [1.29, 1.82) is 0 Å². The SMILES string of the molecule is CN/C=C\C=C/CS(=O)(=O)Cl. The highest BCUT2D eigenvalue weighted by Crippen LogP contribution is 1.95. The molecule has 0 aliphatic heterocycles. The fraction of sp³-hybridized carbons (Fsp3) is 0.333. The van der Waals surface area contributed by atoms with Crippen LogP contribution in [0.1, 0.15) is 0 Å². The average molecular weight is 196 g/mol. The van der Waals surface area contributed by atoms with Gasteiger partial charge < -0.3 is 5.32 Å². The van der Waals surface area contributed by atoms with Gasteiger partial charge >= 0.3 is 0 Å². The van der Waals surface area contributed by atoms with E-state index in [0.29, 0.717) is 0 Å². The summed E-state index contributed by atoms with van der Waals surface area (Å²) < 4.78 is 20.7. The van der Waals surface area contributed by atoms with Crippen LogP contribution in [-0.4, -0.2) is 21.2 Å². The summed E-state index contributed by atoms with van der Waals surface area (Å²) in [6, 6.07) is 0. The fourth-order valence-electron chi connectivity index (χ4n) is 0.401. The second-order valence-electron chi connectivity index (χ2n) is 1.78. The number of hydrogen-bond donors (Lipinski definition) is 1. The molecule has 0 saturated carbocycles. The zero-order chi connectivity index (χ0) is 8.74. The summed E-state index contributed by atoms with van der Waals surface area (Å²) in [4.78, 5) is 0. The van der Waals surface area contributed by atoms with E-state index >= 15 is 0 Å². The lowest BCUT2D eigenvalue weighted by atomic mass is 10.5. The second kappa shape index (κ2) is 5.21. The van der Waals surface area contributed by atoms with Gasteiger partial charge in [0.25, 0.3) is 0 Å². The fourth-order valence-corrected chi connectivity index (χ4v) is 0.960. The van der Waals surface area contributed by atoms with Gasteiger partial charge in [0.15, 0.2) is 0 Å². The highest BCUT2D eigenvalue weighted by atomic mass is 35.7. The molecule has 0 amide bonds. The van der Waals surface area contributed by atoms with Crippen LogP contribution < -0.4 is 5.32 Å². The molecule has 0 saturated heterocycles. The van der Waals surface area contributed by atoms with Crippen LogP contribution in [0, 0.1) is 0 Å². The first kappa shape index (κ1) is 10.5. The smallest absolute Gasteiger partial charge is 0.236 e. The highest BCUT2D eigenvalue weighted by Gasteiger charge is 1.98. The third-order valence-electron chi connectivity index (χ3n) is 0.805. The summed E-state index contributed by atoms with van der Waals surface area (Å²) >= 11 is 0. The van der Waals surface area contributed by atoms with E-state index in [0.717, 1.165) is 0 Å². The maximum Gasteiger partial charge on any atom is 0.236 e. The summed E-state index contributed by atoms with van der Waals surface area (Å²) in [5, 5.41) is 2.75. The van der Waals surface area contributed by atoms with E-state index in [9.17, 15) is 8.42 Å². The van der Waals surface area contributed by atoms with Crippen molar-refractivity contribution in [2.24, 2.45) is 0 Å². The molecule has 0 heterocycles. The predicted molar refractivity (Wildman–Crippen MR) is 47.0 cm³/mol. The Bertz CT molecular complexity index is 243. The molecule has 0 aromatic carbocycles. The van der Waals surface area contributed by atoms with Crippen LogP contribution in [0.4, 0.5) is 0 Å². The lowest BCUT2D eigenvalue weighted by Crippen LogP contribution is -1.92. The van der Waals surface area contributed by atoms with E-state index in [2.05, 4.69) is 5.32 Å². The quantitative estimate of drug-likeness (QED) is 0.534. The Balaban J connectivity index is 3.71. The topological polar surface area (TPSA) is 46.2 Å². The van der Waals surface area contributed by atoms with Crippen LogP contribution in [-0.2, 0) is 9.05 Å². The molecule has 0 aromatic rings. The minimum absolute atomic E-state index is 0.136. The van der Waals surface area contributed by atoms with E-state index in [1.807, 2.05) is 0 Å². The van der Waals surface area contributed by atoms with Crippen LogP contribution in [0.3, 0.4) is 0 Å². The molecular weight excluding hydrogens is 186 g/mol. The first-order valence-corrected chi connectivity index (χ1v) is 5.45. The van der Waals surface area contributed by atoms with Gasteiger partial charge in [-0.05, 0) is 12.3 Å². The van der Waals surface area contributed by atoms with Crippen molar-refractivity contribution in [3.8, 4) is 0 Å². The molecule has 0 unspecified atom stereocenters. The van der Waals surface area contributed by atoms with Crippen molar-refractivity contribution in [1.82, 2.24) is 5.32 Å². The van der Waals surface area contributed by atoms with Gasteiger partial charge in [0, 0.05) is 17.7 Å². The normalized spacial score (nSPS) is 12.9. The lowest BCUT2D eigenvalue weighted by Gasteiger charge is -1.84. The van der Waals surface area contributed by atoms with Gasteiger partial charge in [-0.3, -0.25) is 0 Å². The molecule has 11 heavy (non-hydrogen) atoms. The molecule has 0 bridgehead atoms. The van der Waals surface area contributed by atoms with Crippen LogP contribution >= 0.6 is 10.7 Å². The molecule has 5 heteroatoms. The number of allylic oxidation sites excluding steroid dienone is 2. The Morgan fingerprint density at radius 1 is 1.45 bits per heavy atom. The molecule has 64 valence electrons. The lowest BCUT2D eigenvalue weighted by molar-refractivity contribution is 0.612. The van der Waals surface area contributed by atoms with E-state index in [-0.39, 0.29) is 5.75 Å². The van der Waals surface area contributed by atoms with E-state index < -0.39 is 9.05 Å². The van der Waals surface area contributed by atoms with Gasteiger partial charge in [-0.25, -0.2) is 8.42 Å². The molecule has 0 rings (SSSR count). The van der Waals surface area contributed by atoms with Gasteiger partial charge in [0.05, 0.1) is 5.75 Å². The van der Waals surface area contributed by atoms with E-state index in [1.54, 1.807) is 25.4 Å². The van der Waals surface area contributed by atoms with Crippen LogP contribution in [0.25, 0.3) is 0 Å². The number of rotatable bonds is 4. The molecular formula is C6H10ClNO2S. The highest BCUT2D eigenvalue weighted by molar-refractivity contribution is 8.13. The first-order valence-electron chi connectivity index (χ1n) is 2.97. The number of hydrogen-bond acceptors (Lipinski definition) is 3. The Hall–Kier alpha value is -0.480. The Kier molecular flexibility index (Phi) is 4.98. The van der Waals surface area contributed by atoms with Gasteiger partial charge in [-0.15, -0.1) is 0 Å². The van der Waals surface area contributed by atoms with Crippen molar-refractivity contribution in [2.75, 3.05) is 12.8 Å².